The van der Waals surface area contributed by atoms with Gasteiger partial charge in [0, 0.05) is 0 Å². The third kappa shape index (κ3) is 5.18. The molecule has 0 unspecified atom stereocenters. The van der Waals surface area contributed by atoms with Crippen LogP contribution < -0.4 is 40.0 Å². The summed E-state index contributed by atoms with van der Waals surface area (Å²) in [7, 11) is 0. The molecule has 2 aromatic rings. The van der Waals surface area contributed by atoms with Crippen molar-refractivity contribution in [3.05, 3.63) is 65.7 Å². The van der Waals surface area contributed by atoms with Crippen LogP contribution in [0, 0.1) is 0 Å². The van der Waals surface area contributed by atoms with Crippen LogP contribution in [0.5, 0.6) is 5.75 Å². The van der Waals surface area contributed by atoms with E-state index in [0.717, 1.165) is 5.56 Å². The van der Waals surface area contributed by atoms with Crippen LogP contribution in [0.3, 0.4) is 0 Å². The topological polar surface area (TPSA) is 89.5 Å². The van der Waals surface area contributed by atoms with Crippen molar-refractivity contribution in [1.82, 2.24) is 5.32 Å². The number of hydrogen-bond donors (Lipinski definition) is 2. The van der Waals surface area contributed by atoms with Crippen LogP contribution in [0.25, 0.3) is 0 Å². The van der Waals surface area contributed by atoms with Crippen molar-refractivity contribution >= 4 is 11.9 Å². The van der Waals surface area contributed by atoms with Gasteiger partial charge in [-0.05, 0) is 11.1 Å². The number of carbonyl (C=O) groups excluding carboxylic acids is 1. The zero-order valence-electron chi connectivity index (χ0n) is 12.2. The van der Waals surface area contributed by atoms with Gasteiger partial charge in [-0.15, -0.1) is 5.75 Å². The second-order valence-corrected chi connectivity index (χ2v) is 4.57. The largest absolute Gasteiger partial charge is 1.00 e. The predicted octanol–water partition coefficient (Wildman–Crippen LogP) is -1.75. The van der Waals surface area contributed by atoms with Gasteiger partial charge in [-0.3, -0.25) is 4.79 Å². The number of benzene rings is 2. The van der Waals surface area contributed by atoms with Crippen molar-refractivity contribution in [2.24, 2.45) is 0 Å². The fraction of sp³-hybridized carbons (Fsp3) is 0.125. The molecule has 108 valence electrons. The minimum absolute atomic E-state index is 0. The SMILES string of the molecule is O=C(Cc1ccccc1)N[C@@H](C(=O)O)c1ccc([O-])cc1.[Na+]. The van der Waals surface area contributed by atoms with E-state index in [1.165, 1.54) is 24.3 Å². The van der Waals surface area contributed by atoms with E-state index in [-0.39, 0.29) is 47.6 Å². The van der Waals surface area contributed by atoms with Crippen LogP contribution in [-0.4, -0.2) is 17.0 Å². The molecule has 6 heteroatoms. The number of aliphatic carboxylic acids is 1. The number of amides is 1. The monoisotopic (exact) mass is 307 g/mol. The molecule has 0 bridgehead atoms. The molecule has 1 amide bonds. The first-order valence-electron chi connectivity index (χ1n) is 6.39. The van der Waals surface area contributed by atoms with Gasteiger partial charge in [0.25, 0.3) is 0 Å². The molecule has 2 aromatic carbocycles. The van der Waals surface area contributed by atoms with Gasteiger partial charge in [0.2, 0.25) is 5.91 Å². The van der Waals surface area contributed by atoms with Gasteiger partial charge in [0.05, 0.1) is 6.42 Å². The number of hydrogen-bond acceptors (Lipinski definition) is 3. The molecule has 22 heavy (non-hydrogen) atoms. The summed E-state index contributed by atoms with van der Waals surface area (Å²) < 4.78 is 0. The van der Waals surface area contributed by atoms with Crippen LogP contribution in [-0.2, 0) is 16.0 Å². The fourth-order valence-corrected chi connectivity index (χ4v) is 1.94. The summed E-state index contributed by atoms with van der Waals surface area (Å²) in [5.74, 6) is -1.77. The predicted molar refractivity (Wildman–Crippen MR) is 74.6 cm³/mol. The molecule has 0 aromatic heterocycles. The first-order valence-corrected chi connectivity index (χ1v) is 6.39. The summed E-state index contributed by atoms with van der Waals surface area (Å²) in [6.45, 7) is 0. The van der Waals surface area contributed by atoms with Crippen molar-refractivity contribution < 1.29 is 49.4 Å². The van der Waals surface area contributed by atoms with E-state index >= 15 is 0 Å². The molecule has 5 nitrogen and oxygen atoms in total. The van der Waals surface area contributed by atoms with Crippen LogP contribution >= 0.6 is 0 Å². The van der Waals surface area contributed by atoms with Gasteiger partial charge in [0.15, 0.2) is 6.04 Å². The maximum absolute atomic E-state index is 11.9. The van der Waals surface area contributed by atoms with Gasteiger partial charge >= 0.3 is 35.5 Å². The smallest absolute Gasteiger partial charge is 0.872 e. The fourth-order valence-electron chi connectivity index (χ4n) is 1.94. The molecule has 0 aliphatic carbocycles. The molecule has 0 saturated heterocycles. The maximum Gasteiger partial charge on any atom is 1.00 e. The Bertz CT molecular complexity index is 628. The molecule has 0 aliphatic heterocycles. The number of carbonyl (C=O) groups is 2. The molecule has 2 rings (SSSR count). The van der Waals surface area contributed by atoms with Crippen LogP contribution in [0.4, 0.5) is 0 Å². The Balaban J connectivity index is 0.00000242. The summed E-state index contributed by atoms with van der Waals surface area (Å²) in [6.07, 6.45) is 0.101. The molecule has 0 radical (unpaired) electrons. The molecule has 1 atom stereocenters. The van der Waals surface area contributed by atoms with Crippen molar-refractivity contribution in [2.45, 2.75) is 12.5 Å². The first-order chi connectivity index (χ1) is 10.1. The quantitative estimate of drug-likeness (QED) is 0.641. The average Bonchev–Trinajstić information content (AvgIpc) is 2.47. The van der Waals surface area contributed by atoms with E-state index < -0.39 is 12.0 Å². The van der Waals surface area contributed by atoms with E-state index in [9.17, 15) is 19.8 Å². The Morgan fingerprint density at radius 1 is 1.05 bits per heavy atom. The van der Waals surface area contributed by atoms with Crippen molar-refractivity contribution in [3.8, 4) is 5.75 Å². The minimum Gasteiger partial charge on any atom is -0.872 e. The van der Waals surface area contributed by atoms with E-state index in [1.807, 2.05) is 18.2 Å². The van der Waals surface area contributed by atoms with Crippen molar-refractivity contribution in [1.29, 1.82) is 0 Å². The third-order valence-corrected chi connectivity index (χ3v) is 2.97. The summed E-state index contributed by atoms with van der Waals surface area (Å²) in [5, 5.41) is 22.7. The molecule has 0 fully saturated rings. The number of carboxylic acids is 1. The van der Waals surface area contributed by atoms with Crippen molar-refractivity contribution in [3.63, 3.8) is 0 Å². The van der Waals surface area contributed by atoms with E-state index in [0.29, 0.717) is 5.56 Å². The summed E-state index contributed by atoms with van der Waals surface area (Å²) in [5.41, 5.74) is 1.16. The number of carboxylic acid groups (broad SMARTS) is 1. The zero-order valence-corrected chi connectivity index (χ0v) is 14.2. The van der Waals surface area contributed by atoms with E-state index in [4.69, 9.17) is 0 Å². The summed E-state index contributed by atoms with van der Waals surface area (Å²) in [6, 6.07) is 13.2. The van der Waals surface area contributed by atoms with Gasteiger partial charge in [0.1, 0.15) is 0 Å². The second kappa shape index (κ2) is 8.58. The maximum atomic E-state index is 11.9. The van der Waals surface area contributed by atoms with Gasteiger partial charge in [-0.25, -0.2) is 4.79 Å². The van der Waals surface area contributed by atoms with Gasteiger partial charge in [-0.2, -0.15) is 0 Å². The molecule has 0 spiro atoms. The number of rotatable bonds is 5. The normalized spacial score (nSPS) is 11.1. The Hall–Kier alpha value is -1.82. The van der Waals surface area contributed by atoms with E-state index in [1.54, 1.807) is 12.1 Å². The van der Waals surface area contributed by atoms with Crippen LogP contribution in [0.15, 0.2) is 54.6 Å². The molecule has 0 heterocycles. The average molecular weight is 307 g/mol. The molecule has 0 saturated carbocycles. The Kier molecular flexibility index (Phi) is 7.11. The van der Waals surface area contributed by atoms with E-state index in [2.05, 4.69) is 5.32 Å². The Morgan fingerprint density at radius 3 is 2.18 bits per heavy atom. The standard InChI is InChI=1S/C16H15NO4.Na/c18-13-8-6-12(7-9-13)15(16(20)21)17-14(19)10-11-4-2-1-3-5-11;/h1-9,15,18H,10H2,(H,17,19)(H,20,21);/q;+1/p-1/t15-;/m1./s1. The molecular weight excluding hydrogens is 293 g/mol. The molecular formula is C16H14NNaO4. The Labute approximate surface area is 150 Å². The summed E-state index contributed by atoms with van der Waals surface area (Å²) >= 11 is 0. The van der Waals surface area contributed by atoms with Crippen LogP contribution in [0.2, 0.25) is 0 Å². The third-order valence-electron chi connectivity index (χ3n) is 2.97. The summed E-state index contributed by atoms with van der Waals surface area (Å²) in [4.78, 5) is 23.2. The van der Waals surface area contributed by atoms with Crippen LogP contribution in [0.1, 0.15) is 17.2 Å². The first kappa shape index (κ1) is 18.2. The number of nitrogens with one attached hydrogen (secondary N) is 1. The molecule has 2 N–H and O–H groups in total. The zero-order chi connectivity index (χ0) is 15.2. The molecule has 0 aliphatic rings. The minimum atomic E-state index is -1.17. The van der Waals surface area contributed by atoms with Crippen molar-refractivity contribution in [2.75, 3.05) is 0 Å². The van der Waals surface area contributed by atoms with Gasteiger partial charge in [-0.1, -0.05) is 54.6 Å². The second-order valence-electron chi connectivity index (χ2n) is 4.57. The Morgan fingerprint density at radius 2 is 1.64 bits per heavy atom. The van der Waals surface area contributed by atoms with Gasteiger partial charge < -0.3 is 15.5 Å².